The molecule has 1 aliphatic rings. The second kappa shape index (κ2) is 7.60. The monoisotopic (exact) mass is 392 g/mol. The summed E-state index contributed by atoms with van der Waals surface area (Å²) in [6, 6.07) is 12.5. The van der Waals surface area contributed by atoms with Crippen molar-refractivity contribution in [2.45, 2.75) is 18.8 Å². The van der Waals surface area contributed by atoms with Gasteiger partial charge in [0.05, 0.1) is 0 Å². The number of aryl methyl sites for hydroxylation is 1. The Kier molecular flexibility index (Phi) is 5.51. The zero-order valence-electron chi connectivity index (χ0n) is 13.0. The Morgan fingerprint density at radius 3 is 2.74 bits per heavy atom. The molecule has 0 spiro atoms. The van der Waals surface area contributed by atoms with Crippen LogP contribution in [0.2, 0.25) is 0 Å². The molecule has 2 heterocycles. The van der Waals surface area contributed by atoms with Gasteiger partial charge in [-0.25, -0.2) is 0 Å². The van der Waals surface area contributed by atoms with E-state index < -0.39 is 0 Å². The summed E-state index contributed by atoms with van der Waals surface area (Å²) < 4.78 is 1.10. The van der Waals surface area contributed by atoms with Crippen LogP contribution >= 0.6 is 27.3 Å². The van der Waals surface area contributed by atoms with E-state index in [0.717, 1.165) is 24.0 Å². The van der Waals surface area contributed by atoms with Gasteiger partial charge in [0.25, 0.3) is 0 Å². The van der Waals surface area contributed by atoms with E-state index in [4.69, 9.17) is 5.73 Å². The average Bonchev–Trinajstić information content (AvgIpc) is 3.19. The van der Waals surface area contributed by atoms with Gasteiger partial charge in [-0.05, 0) is 46.4 Å². The van der Waals surface area contributed by atoms with Gasteiger partial charge in [0.2, 0.25) is 5.91 Å². The molecule has 122 valence electrons. The fourth-order valence-electron chi connectivity index (χ4n) is 3.26. The summed E-state index contributed by atoms with van der Waals surface area (Å²) in [6.45, 7) is 2.20. The maximum absolute atomic E-state index is 12.5. The molecule has 2 atom stereocenters. The largest absolute Gasteiger partial charge is 0.342 e. The number of halogens is 1. The number of carbonyl (C=O) groups is 1. The van der Waals surface area contributed by atoms with Crippen molar-refractivity contribution in [3.63, 3.8) is 0 Å². The lowest BCUT2D eigenvalue weighted by atomic mass is 9.89. The van der Waals surface area contributed by atoms with Crippen LogP contribution in [-0.4, -0.2) is 30.4 Å². The first-order chi connectivity index (χ1) is 11.2. The summed E-state index contributed by atoms with van der Waals surface area (Å²) in [5.74, 6) is 0.963. The van der Waals surface area contributed by atoms with Gasteiger partial charge in [-0.3, -0.25) is 4.79 Å². The van der Waals surface area contributed by atoms with Crippen LogP contribution in [0.3, 0.4) is 0 Å². The highest BCUT2D eigenvalue weighted by Crippen LogP contribution is 2.32. The lowest BCUT2D eigenvalue weighted by Gasteiger charge is -2.16. The average molecular weight is 393 g/mol. The molecule has 1 saturated heterocycles. The number of carbonyl (C=O) groups excluding carboxylic acids is 1. The van der Waals surface area contributed by atoms with E-state index in [1.54, 1.807) is 11.3 Å². The third-order valence-electron chi connectivity index (χ3n) is 4.53. The number of benzene rings is 1. The molecule has 2 N–H and O–H groups in total. The lowest BCUT2D eigenvalue weighted by Crippen LogP contribution is -2.29. The van der Waals surface area contributed by atoms with Crippen molar-refractivity contribution < 1.29 is 4.79 Å². The molecule has 0 radical (unpaired) electrons. The first-order valence-electron chi connectivity index (χ1n) is 7.93. The SMILES string of the molecule is NC[C@@H]1CN(C(=O)CCc2cc(Br)cs2)C[C@H]1c1ccccc1. The van der Waals surface area contributed by atoms with E-state index in [2.05, 4.69) is 51.6 Å². The highest BCUT2D eigenvalue weighted by atomic mass is 79.9. The van der Waals surface area contributed by atoms with Crippen LogP contribution < -0.4 is 5.73 Å². The second-order valence-corrected chi connectivity index (χ2v) is 7.95. The molecule has 5 heteroatoms. The number of nitrogens with zero attached hydrogens (tertiary/aromatic N) is 1. The Hall–Kier alpha value is -1.17. The first-order valence-corrected chi connectivity index (χ1v) is 9.60. The molecule has 1 aromatic carbocycles. The van der Waals surface area contributed by atoms with Crippen LogP contribution in [0.1, 0.15) is 22.8 Å². The predicted octanol–water partition coefficient (Wildman–Crippen LogP) is 3.64. The van der Waals surface area contributed by atoms with Crippen LogP contribution in [0.15, 0.2) is 46.3 Å². The third-order valence-corrected chi connectivity index (χ3v) is 6.29. The minimum absolute atomic E-state index is 0.242. The van der Waals surface area contributed by atoms with Crippen molar-refractivity contribution in [1.29, 1.82) is 0 Å². The van der Waals surface area contributed by atoms with Crippen molar-refractivity contribution in [3.8, 4) is 0 Å². The van der Waals surface area contributed by atoms with Crippen LogP contribution in [0, 0.1) is 5.92 Å². The Bertz CT molecular complexity index is 658. The van der Waals surface area contributed by atoms with E-state index >= 15 is 0 Å². The number of hydrogen-bond donors (Lipinski definition) is 1. The third kappa shape index (κ3) is 4.03. The van der Waals surface area contributed by atoms with Gasteiger partial charge in [0, 0.05) is 40.2 Å². The zero-order chi connectivity index (χ0) is 16.2. The molecule has 0 saturated carbocycles. The molecule has 1 fully saturated rings. The van der Waals surface area contributed by atoms with Crippen molar-refractivity contribution >= 4 is 33.2 Å². The molecule has 0 bridgehead atoms. The van der Waals surface area contributed by atoms with Gasteiger partial charge in [0.15, 0.2) is 0 Å². The van der Waals surface area contributed by atoms with E-state index in [-0.39, 0.29) is 5.91 Å². The fourth-order valence-corrected chi connectivity index (χ4v) is 4.72. The summed E-state index contributed by atoms with van der Waals surface area (Å²) in [5, 5.41) is 2.06. The summed E-state index contributed by atoms with van der Waals surface area (Å²) in [5.41, 5.74) is 7.24. The van der Waals surface area contributed by atoms with Gasteiger partial charge in [-0.1, -0.05) is 30.3 Å². The molecule has 1 aliphatic heterocycles. The fraction of sp³-hybridized carbons (Fsp3) is 0.389. The highest BCUT2D eigenvalue weighted by Gasteiger charge is 2.34. The molecular weight excluding hydrogens is 372 g/mol. The quantitative estimate of drug-likeness (QED) is 0.843. The second-order valence-electron chi connectivity index (χ2n) is 6.04. The highest BCUT2D eigenvalue weighted by molar-refractivity contribution is 9.10. The molecular formula is C18H21BrN2OS. The minimum Gasteiger partial charge on any atom is -0.342 e. The maximum atomic E-state index is 12.5. The van der Waals surface area contributed by atoms with Gasteiger partial charge in [-0.2, -0.15) is 0 Å². The van der Waals surface area contributed by atoms with E-state index in [1.165, 1.54) is 10.4 Å². The Morgan fingerprint density at radius 1 is 1.30 bits per heavy atom. The number of nitrogens with two attached hydrogens (primary N) is 1. The van der Waals surface area contributed by atoms with Gasteiger partial charge >= 0.3 is 0 Å². The first kappa shape index (κ1) is 16.7. The number of hydrogen-bond acceptors (Lipinski definition) is 3. The molecule has 0 unspecified atom stereocenters. The summed E-state index contributed by atoms with van der Waals surface area (Å²) in [7, 11) is 0. The number of likely N-dealkylation sites (tertiary alicyclic amines) is 1. The van der Waals surface area contributed by atoms with E-state index in [1.807, 2.05) is 11.0 Å². The van der Waals surface area contributed by atoms with Gasteiger partial charge < -0.3 is 10.6 Å². The Balaban J connectivity index is 1.61. The lowest BCUT2D eigenvalue weighted by molar-refractivity contribution is -0.130. The minimum atomic E-state index is 0.242. The molecule has 3 rings (SSSR count). The number of rotatable bonds is 5. The Morgan fingerprint density at radius 2 is 2.09 bits per heavy atom. The van der Waals surface area contributed by atoms with E-state index in [0.29, 0.717) is 24.8 Å². The molecule has 1 amide bonds. The number of amides is 1. The summed E-state index contributed by atoms with van der Waals surface area (Å²) >= 11 is 5.16. The Labute approximate surface area is 149 Å². The topological polar surface area (TPSA) is 46.3 Å². The molecule has 2 aromatic rings. The molecule has 23 heavy (non-hydrogen) atoms. The van der Waals surface area contributed by atoms with Crippen molar-refractivity contribution in [3.05, 3.63) is 56.7 Å². The standard InChI is InChI=1S/C18H21BrN2OS/c19-15-8-16(23-12-15)6-7-18(22)21-10-14(9-20)17(11-21)13-4-2-1-3-5-13/h1-5,8,12,14,17H,6-7,9-11,20H2/t14-,17+/m1/s1. The van der Waals surface area contributed by atoms with Gasteiger partial charge in [0.1, 0.15) is 0 Å². The van der Waals surface area contributed by atoms with Crippen LogP contribution in [-0.2, 0) is 11.2 Å². The van der Waals surface area contributed by atoms with Crippen molar-refractivity contribution in [1.82, 2.24) is 4.90 Å². The summed E-state index contributed by atoms with van der Waals surface area (Å²) in [6.07, 6.45) is 1.39. The van der Waals surface area contributed by atoms with Crippen LogP contribution in [0.4, 0.5) is 0 Å². The van der Waals surface area contributed by atoms with Crippen LogP contribution in [0.5, 0.6) is 0 Å². The normalized spacial score (nSPS) is 20.9. The summed E-state index contributed by atoms with van der Waals surface area (Å²) in [4.78, 5) is 15.8. The van der Waals surface area contributed by atoms with Gasteiger partial charge in [-0.15, -0.1) is 11.3 Å². The van der Waals surface area contributed by atoms with Crippen molar-refractivity contribution in [2.75, 3.05) is 19.6 Å². The predicted molar refractivity (Wildman–Crippen MR) is 98.6 cm³/mol. The maximum Gasteiger partial charge on any atom is 0.222 e. The smallest absolute Gasteiger partial charge is 0.222 e. The molecule has 0 aliphatic carbocycles. The molecule has 3 nitrogen and oxygen atoms in total. The zero-order valence-corrected chi connectivity index (χ0v) is 15.4. The number of thiophene rings is 1. The molecule has 1 aromatic heterocycles. The van der Waals surface area contributed by atoms with Crippen LogP contribution in [0.25, 0.3) is 0 Å². The van der Waals surface area contributed by atoms with E-state index in [9.17, 15) is 4.79 Å². The van der Waals surface area contributed by atoms with Crippen molar-refractivity contribution in [2.24, 2.45) is 11.7 Å².